The highest BCUT2D eigenvalue weighted by molar-refractivity contribution is 6.90. The van der Waals surface area contributed by atoms with Gasteiger partial charge < -0.3 is 29.1 Å². The summed E-state index contributed by atoms with van der Waals surface area (Å²) in [5, 5.41) is 9.60. The number of rotatable bonds is 9. The maximum Gasteiger partial charge on any atom is 0.333 e. The van der Waals surface area contributed by atoms with Crippen LogP contribution in [0, 0.1) is 0 Å². The van der Waals surface area contributed by atoms with Crippen LogP contribution in [0.1, 0.15) is 0 Å². The van der Waals surface area contributed by atoms with Crippen LogP contribution in [0.5, 0.6) is 0 Å². The zero-order valence-corrected chi connectivity index (χ0v) is 51.2. The average Bonchev–Trinajstić information content (AvgIpc) is 1.44. The first-order valence-electron chi connectivity index (χ1n) is 32.6. The van der Waals surface area contributed by atoms with Gasteiger partial charge >= 0.3 is 6.85 Å². The third-order valence-corrected chi connectivity index (χ3v) is 20.1. The number of nitrogens with zero attached hydrogens (tertiary/aromatic N) is 5. The van der Waals surface area contributed by atoms with Crippen molar-refractivity contribution in [3.8, 4) is 22.3 Å². The molecule has 3 aliphatic heterocycles. The molecule has 0 saturated heterocycles. The molecular weight excluding hydrogens is 1140 g/mol. The van der Waals surface area contributed by atoms with Gasteiger partial charge in [0.05, 0.1) is 5.52 Å². The average molecular weight is 1200 g/mol. The van der Waals surface area contributed by atoms with Crippen molar-refractivity contribution in [1.82, 2.24) is 9.46 Å². The van der Waals surface area contributed by atoms with Gasteiger partial charge in [0.25, 0.3) is 0 Å². The van der Waals surface area contributed by atoms with Crippen molar-refractivity contribution in [2.75, 3.05) is 19.6 Å². The Kier molecular flexibility index (Phi) is 11.5. The molecule has 0 fully saturated rings. The molecule has 0 aliphatic carbocycles. The molecule has 8 heteroatoms. The Balaban J connectivity index is 1.02. The topological polar surface area (TPSA) is 33.7 Å². The molecule has 17 aromatic rings. The molecule has 436 valence electrons. The Bertz CT molecular complexity index is 5840. The molecule has 5 heterocycles. The van der Waals surface area contributed by atoms with Crippen LogP contribution in [0.4, 0.5) is 68.2 Å². The van der Waals surface area contributed by atoms with Gasteiger partial charge in [0.2, 0.25) is 0 Å². The predicted octanol–water partition coefficient (Wildman–Crippen LogP) is 19.9. The van der Waals surface area contributed by atoms with Crippen molar-refractivity contribution in [1.29, 1.82) is 0 Å². The summed E-state index contributed by atoms with van der Waals surface area (Å²) in [5.41, 5.74) is 27.7. The highest BCUT2D eigenvalue weighted by atomic mass is 15.2. The molecule has 2 aromatic heterocycles. The first kappa shape index (κ1) is 52.5. The van der Waals surface area contributed by atoms with Gasteiger partial charge in [-0.2, -0.15) is 0 Å². The standard InChI is InChI=1S/C86H56B2N6/c1-7-31-59(32-8-1)90(60-33-9-2-10-34-60)65-51-69(83-77(53-65)92(63-39-15-5-16-40-63)74-45-25-23-43-71(74)87-83)80-81-68-48-56-28-20-22-30-58(56)50-76(68)94-86(81)82(79-67-47-55-27-19-21-29-57(55)49-73(67)89-85(79)80)70-52-66(91(61-35-11-3-12-36-61)62-37-13-4-14-38-62)54-78-84(70)88(94)72-44-24-26-46-75(72)93(78)64-41-17-6-18-42-64/h1-54,87,89H. The van der Waals surface area contributed by atoms with Gasteiger partial charge in [0.1, 0.15) is 0 Å². The number of aromatic amines is 1. The number of para-hydroxylation sites is 8. The molecule has 0 saturated carbocycles. The lowest BCUT2D eigenvalue weighted by Crippen LogP contribution is -2.56. The molecule has 0 amide bonds. The molecule has 3 aliphatic rings. The number of anilines is 12. The second-order valence-electron chi connectivity index (χ2n) is 25.2. The SMILES string of the molecule is B1c2ccccc2N(c2ccccc2)c2cc(N(c3ccccc3)c3ccccc3)cc(-c3c4[nH]c5cc6ccccc6cc5c4c4c5c3c3cc6ccccc6cc3n5B3c5ccccc5N(c5ccccc5)c5cc(N(c6ccccc6)c6ccccc6)cc-4c53)c21. The summed E-state index contributed by atoms with van der Waals surface area (Å²) < 4.78 is 2.79. The fraction of sp³-hybridized carbons (Fsp3) is 0. The Morgan fingerprint density at radius 1 is 0.340 bits per heavy atom. The van der Waals surface area contributed by atoms with Crippen LogP contribution in [0.25, 0.3) is 87.4 Å². The van der Waals surface area contributed by atoms with Crippen LogP contribution >= 0.6 is 0 Å². The molecule has 0 spiro atoms. The number of aromatic nitrogens is 2. The summed E-state index contributed by atoms with van der Waals surface area (Å²) in [7, 11) is 0.716. The Morgan fingerprint density at radius 3 is 1.38 bits per heavy atom. The maximum atomic E-state index is 4.39. The van der Waals surface area contributed by atoms with E-state index in [1.54, 1.807) is 0 Å². The lowest BCUT2D eigenvalue weighted by molar-refractivity contribution is 1.24. The third kappa shape index (κ3) is 7.80. The van der Waals surface area contributed by atoms with E-state index in [9.17, 15) is 0 Å². The van der Waals surface area contributed by atoms with Crippen molar-refractivity contribution < 1.29 is 0 Å². The lowest BCUT2D eigenvalue weighted by atomic mass is 9.45. The molecule has 94 heavy (non-hydrogen) atoms. The summed E-state index contributed by atoms with van der Waals surface area (Å²) in [6.45, 7) is -0.241. The van der Waals surface area contributed by atoms with Crippen molar-refractivity contribution in [3.63, 3.8) is 0 Å². The molecule has 1 N–H and O–H groups in total. The van der Waals surface area contributed by atoms with E-state index in [1.165, 1.54) is 104 Å². The summed E-state index contributed by atoms with van der Waals surface area (Å²) >= 11 is 0. The van der Waals surface area contributed by atoms with Gasteiger partial charge in [-0.05, 0) is 183 Å². The largest absolute Gasteiger partial charge is 0.375 e. The van der Waals surface area contributed by atoms with Crippen LogP contribution < -0.4 is 41.5 Å². The fourth-order valence-corrected chi connectivity index (χ4v) is 16.3. The minimum Gasteiger partial charge on any atom is -0.375 e. The fourth-order valence-electron chi connectivity index (χ4n) is 16.3. The molecule has 20 rings (SSSR count). The molecular formula is C86H56B2N6. The highest BCUT2D eigenvalue weighted by Gasteiger charge is 2.45. The third-order valence-electron chi connectivity index (χ3n) is 20.1. The van der Waals surface area contributed by atoms with Crippen molar-refractivity contribution in [2.24, 2.45) is 0 Å². The lowest BCUT2D eigenvalue weighted by Gasteiger charge is -2.41. The zero-order chi connectivity index (χ0) is 61.5. The van der Waals surface area contributed by atoms with Crippen molar-refractivity contribution >= 4 is 169 Å². The number of hydrogen-bond donors (Lipinski definition) is 1. The van der Waals surface area contributed by atoms with Gasteiger partial charge in [-0.1, -0.05) is 200 Å². The van der Waals surface area contributed by atoms with E-state index in [2.05, 4.69) is 357 Å². The molecule has 15 aromatic carbocycles. The molecule has 6 nitrogen and oxygen atoms in total. The summed E-state index contributed by atoms with van der Waals surface area (Å²) in [6, 6.07) is 122. The van der Waals surface area contributed by atoms with Gasteiger partial charge in [-0.15, -0.1) is 0 Å². The van der Waals surface area contributed by atoms with Crippen LogP contribution in [0.3, 0.4) is 0 Å². The first-order chi connectivity index (χ1) is 46.7. The number of fused-ring (bicyclic) bond motifs is 15. The smallest absolute Gasteiger partial charge is 0.333 e. The zero-order valence-electron chi connectivity index (χ0n) is 51.2. The van der Waals surface area contributed by atoms with E-state index in [4.69, 9.17) is 0 Å². The number of nitrogens with one attached hydrogen (secondary N) is 1. The van der Waals surface area contributed by atoms with E-state index in [-0.39, 0.29) is 6.85 Å². The van der Waals surface area contributed by atoms with Gasteiger partial charge in [-0.25, -0.2) is 0 Å². The van der Waals surface area contributed by atoms with Gasteiger partial charge in [0.15, 0.2) is 7.28 Å². The Morgan fingerprint density at radius 2 is 0.798 bits per heavy atom. The van der Waals surface area contributed by atoms with E-state index >= 15 is 0 Å². The minimum absolute atomic E-state index is 0.241. The molecule has 0 radical (unpaired) electrons. The van der Waals surface area contributed by atoms with E-state index in [1.807, 2.05) is 0 Å². The quantitative estimate of drug-likeness (QED) is 0.146. The minimum atomic E-state index is -0.241. The first-order valence-corrected chi connectivity index (χ1v) is 32.6. The number of H-pyrrole nitrogens is 1. The normalized spacial score (nSPS) is 12.7. The number of benzene rings is 15. The number of hydrogen-bond acceptors (Lipinski definition) is 4. The Labute approximate surface area is 545 Å². The predicted molar refractivity (Wildman–Crippen MR) is 400 cm³/mol. The van der Waals surface area contributed by atoms with Gasteiger partial charge in [-0.3, -0.25) is 0 Å². The summed E-state index contributed by atoms with van der Waals surface area (Å²) in [5.74, 6) is 0. The molecule has 0 unspecified atom stereocenters. The van der Waals surface area contributed by atoms with Crippen LogP contribution in [-0.2, 0) is 0 Å². The highest BCUT2D eigenvalue weighted by Crippen LogP contribution is 2.56. The maximum absolute atomic E-state index is 4.39. The van der Waals surface area contributed by atoms with Crippen molar-refractivity contribution in [2.45, 2.75) is 0 Å². The monoisotopic (exact) mass is 1190 g/mol. The van der Waals surface area contributed by atoms with Crippen LogP contribution in [0.15, 0.2) is 328 Å². The molecule has 0 bridgehead atoms. The van der Waals surface area contributed by atoms with E-state index in [0.29, 0.717) is 7.28 Å². The Hall–Kier alpha value is -12.3. The summed E-state index contributed by atoms with van der Waals surface area (Å²) in [4.78, 5) is 14.4. The van der Waals surface area contributed by atoms with Crippen LogP contribution in [0.2, 0.25) is 0 Å². The second-order valence-corrected chi connectivity index (χ2v) is 25.2. The van der Waals surface area contributed by atoms with E-state index < -0.39 is 0 Å². The second kappa shape index (κ2) is 20.6. The molecule has 0 atom stereocenters. The van der Waals surface area contributed by atoms with E-state index in [0.717, 1.165) is 73.6 Å². The summed E-state index contributed by atoms with van der Waals surface area (Å²) in [6.07, 6.45) is 0. The van der Waals surface area contributed by atoms with Gasteiger partial charge in [0, 0.05) is 117 Å². The van der Waals surface area contributed by atoms with Crippen LogP contribution in [-0.4, -0.2) is 23.6 Å². The van der Waals surface area contributed by atoms with Crippen molar-refractivity contribution in [3.05, 3.63) is 328 Å².